The van der Waals surface area contributed by atoms with Crippen LogP contribution in [0.5, 0.6) is 11.5 Å². The summed E-state index contributed by atoms with van der Waals surface area (Å²) in [6.07, 6.45) is 2.29. The second-order valence-corrected chi connectivity index (χ2v) is 7.16. The van der Waals surface area contributed by atoms with Crippen molar-refractivity contribution in [3.63, 3.8) is 0 Å². The molecule has 2 aromatic rings. The summed E-state index contributed by atoms with van der Waals surface area (Å²) in [5.74, 6) is 1.79. The molecule has 0 aromatic heterocycles. The minimum absolute atomic E-state index is 0.165. The molecule has 144 valence electrons. The molecule has 27 heavy (non-hydrogen) atoms. The number of hydrogen-bond donors (Lipinski definition) is 1. The fraction of sp³-hybridized carbons (Fsp3) is 0.409. The van der Waals surface area contributed by atoms with E-state index >= 15 is 0 Å². The number of carbonyl (C=O) groups excluding carboxylic acids is 1. The summed E-state index contributed by atoms with van der Waals surface area (Å²) in [5, 5.41) is 2.91. The van der Waals surface area contributed by atoms with E-state index in [0.29, 0.717) is 30.4 Å². The van der Waals surface area contributed by atoms with Crippen LogP contribution in [0.4, 0.5) is 5.69 Å². The molecule has 1 N–H and O–H groups in total. The Bertz CT molecular complexity index is 736. The molecule has 1 amide bonds. The van der Waals surface area contributed by atoms with Gasteiger partial charge in [0.25, 0.3) is 5.91 Å². The monoisotopic (exact) mass is 369 g/mol. The van der Waals surface area contributed by atoms with Crippen molar-refractivity contribution in [1.29, 1.82) is 0 Å². The third-order valence-corrected chi connectivity index (χ3v) is 4.25. The van der Waals surface area contributed by atoms with E-state index in [1.165, 1.54) is 0 Å². The summed E-state index contributed by atoms with van der Waals surface area (Å²) < 4.78 is 17.0. The van der Waals surface area contributed by atoms with Crippen molar-refractivity contribution in [2.24, 2.45) is 5.92 Å². The van der Waals surface area contributed by atoms with Gasteiger partial charge in [-0.15, -0.1) is 0 Å². The van der Waals surface area contributed by atoms with Crippen molar-refractivity contribution >= 4 is 11.6 Å². The first-order chi connectivity index (χ1) is 13.1. The quantitative estimate of drug-likeness (QED) is 0.743. The molecule has 2 aromatic carbocycles. The van der Waals surface area contributed by atoms with E-state index < -0.39 is 0 Å². The fourth-order valence-corrected chi connectivity index (χ4v) is 2.80. The van der Waals surface area contributed by atoms with Crippen LogP contribution in [0.1, 0.15) is 37.0 Å². The number of hydrogen-bond acceptors (Lipinski definition) is 4. The zero-order valence-corrected chi connectivity index (χ0v) is 15.9. The van der Waals surface area contributed by atoms with Gasteiger partial charge in [0, 0.05) is 23.9 Å². The third kappa shape index (κ3) is 6.00. The van der Waals surface area contributed by atoms with Crippen molar-refractivity contribution in [3.8, 4) is 11.5 Å². The second-order valence-electron chi connectivity index (χ2n) is 7.16. The van der Waals surface area contributed by atoms with Crippen LogP contribution in [-0.4, -0.2) is 31.8 Å². The standard InChI is InChI=1S/C22H27NO4/c1-16(2)14-26-19-10-8-17(9-11-19)22(24)23-18-5-3-6-20(13-18)27-15-21-7-4-12-25-21/h3,5-6,8-11,13,16,21H,4,7,12,14-15H2,1-2H3,(H,23,24). The molecule has 1 heterocycles. The van der Waals surface area contributed by atoms with Gasteiger partial charge in [-0.1, -0.05) is 19.9 Å². The highest BCUT2D eigenvalue weighted by atomic mass is 16.5. The largest absolute Gasteiger partial charge is 0.493 e. The van der Waals surface area contributed by atoms with Crippen LogP contribution in [0.3, 0.4) is 0 Å². The Morgan fingerprint density at radius 2 is 1.96 bits per heavy atom. The van der Waals surface area contributed by atoms with Gasteiger partial charge in [-0.25, -0.2) is 0 Å². The minimum atomic E-state index is -0.165. The average Bonchev–Trinajstić information content (AvgIpc) is 3.19. The molecule has 0 aliphatic carbocycles. The Kier molecular flexibility index (Phi) is 6.71. The first-order valence-corrected chi connectivity index (χ1v) is 9.49. The average molecular weight is 369 g/mol. The second kappa shape index (κ2) is 9.42. The van der Waals surface area contributed by atoms with Crippen LogP contribution >= 0.6 is 0 Å². The normalized spacial score (nSPS) is 16.3. The van der Waals surface area contributed by atoms with Crippen molar-refractivity contribution in [1.82, 2.24) is 0 Å². The lowest BCUT2D eigenvalue weighted by Crippen LogP contribution is -2.16. The first kappa shape index (κ1) is 19.2. The number of rotatable bonds is 8. The van der Waals surface area contributed by atoms with Gasteiger partial charge >= 0.3 is 0 Å². The number of anilines is 1. The highest BCUT2D eigenvalue weighted by Gasteiger charge is 2.16. The fourth-order valence-electron chi connectivity index (χ4n) is 2.80. The van der Waals surface area contributed by atoms with Crippen LogP contribution in [0.25, 0.3) is 0 Å². The summed E-state index contributed by atoms with van der Waals surface area (Å²) in [7, 11) is 0. The summed E-state index contributed by atoms with van der Waals surface area (Å²) >= 11 is 0. The van der Waals surface area contributed by atoms with Gasteiger partial charge in [0.2, 0.25) is 0 Å². The molecule has 0 bridgehead atoms. The molecule has 5 nitrogen and oxygen atoms in total. The van der Waals surface area contributed by atoms with Gasteiger partial charge in [0.1, 0.15) is 18.1 Å². The van der Waals surface area contributed by atoms with E-state index in [1.807, 2.05) is 36.4 Å². The predicted molar refractivity (Wildman–Crippen MR) is 106 cm³/mol. The van der Waals surface area contributed by atoms with Crippen LogP contribution < -0.4 is 14.8 Å². The van der Waals surface area contributed by atoms with Crippen molar-refractivity contribution in [3.05, 3.63) is 54.1 Å². The Morgan fingerprint density at radius 1 is 1.15 bits per heavy atom. The van der Waals surface area contributed by atoms with Crippen molar-refractivity contribution < 1.29 is 19.0 Å². The Hall–Kier alpha value is -2.53. The van der Waals surface area contributed by atoms with Gasteiger partial charge in [0.15, 0.2) is 0 Å². The van der Waals surface area contributed by atoms with Crippen LogP contribution in [0, 0.1) is 5.92 Å². The number of ether oxygens (including phenoxy) is 3. The molecule has 1 saturated heterocycles. The lowest BCUT2D eigenvalue weighted by Gasteiger charge is -2.13. The van der Waals surface area contributed by atoms with E-state index in [-0.39, 0.29) is 12.0 Å². The topological polar surface area (TPSA) is 56.8 Å². The molecule has 5 heteroatoms. The lowest BCUT2D eigenvalue weighted by atomic mass is 10.2. The SMILES string of the molecule is CC(C)COc1ccc(C(=O)Nc2cccc(OCC3CCCO3)c2)cc1. The summed E-state index contributed by atoms with van der Waals surface area (Å²) in [6, 6.07) is 14.6. The predicted octanol–water partition coefficient (Wildman–Crippen LogP) is 4.53. The van der Waals surface area contributed by atoms with Crippen molar-refractivity contribution in [2.45, 2.75) is 32.8 Å². The third-order valence-electron chi connectivity index (χ3n) is 4.25. The van der Waals surface area contributed by atoms with E-state index in [0.717, 1.165) is 30.9 Å². The lowest BCUT2D eigenvalue weighted by molar-refractivity contribution is 0.0680. The maximum absolute atomic E-state index is 12.5. The molecule has 1 unspecified atom stereocenters. The highest BCUT2D eigenvalue weighted by Crippen LogP contribution is 2.21. The molecule has 1 aliphatic rings. The van der Waals surface area contributed by atoms with Gasteiger partial charge in [0.05, 0.1) is 12.7 Å². The number of amides is 1. The van der Waals surface area contributed by atoms with Crippen LogP contribution in [0.15, 0.2) is 48.5 Å². The van der Waals surface area contributed by atoms with Gasteiger partial charge in [-0.3, -0.25) is 4.79 Å². The molecular weight excluding hydrogens is 342 g/mol. The van der Waals surface area contributed by atoms with Gasteiger partial charge in [-0.2, -0.15) is 0 Å². The Morgan fingerprint density at radius 3 is 2.67 bits per heavy atom. The summed E-state index contributed by atoms with van der Waals surface area (Å²) in [4.78, 5) is 12.5. The molecule has 1 fully saturated rings. The van der Waals surface area contributed by atoms with Gasteiger partial charge < -0.3 is 19.5 Å². The smallest absolute Gasteiger partial charge is 0.255 e. The van der Waals surface area contributed by atoms with E-state index in [9.17, 15) is 4.79 Å². The molecule has 1 atom stereocenters. The molecular formula is C22H27NO4. The Balaban J connectivity index is 1.54. The van der Waals surface area contributed by atoms with E-state index in [4.69, 9.17) is 14.2 Å². The Labute approximate surface area is 160 Å². The zero-order valence-electron chi connectivity index (χ0n) is 15.9. The van der Waals surface area contributed by atoms with E-state index in [1.54, 1.807) is 12.1 Å². The minimum Gasteiger partial charge on any atom is -0.493 e. The summed E-state index contributed by atoms with van der Waals surface area (Å²) in [6.45, 7) is 6.20. The van der Waals surface area contributed by atoms with Crippen LogP contribution in [-0.2, 0) is 4.74 Å². The van der Waals surface area contributed by atoms with E-state index in [2.05, 4.69) is 19.2 Å². The maximum atomic E-state index is 12.5. The molecule has 3 rings (SSSR count). The summed E-state index contributed by atoms with van der Waals surface area (Å²) in [5.41, 5.74) is 1.28. The van der Waals surface area contributed by atoms with Crippen LogP contribution in [0.2, 0.25) is 0 Å². The van der Waals surface area contributed by atoms with Gasteiger partial charge in [-0.05, 0) is 55.2 Å². The zero-order chi connectivity index (χ0) is 19.1. The molecule has 0 radical (unpaired) electrons. The first-order valence-electron chi connectivity index (χ1n) is 9.49. The van der Waals surface area contributed by atoms with Crippen molar-refractivity contribution in [2.75, 3.05) is 25.1 Å². The molecule has 0 spiro atoms. The highest BCUT2D eigenvalue weighted by molar-refractivity contribution is 6.04. The number of nitrogens with one attached hydrogen (secondary N) is 1. The molecule has 0 saturated carbocycles. The maximum Gasteiger partial charge on any atom is 0.255 e. The molecule has 1 aliphatic heterocycles. The number of benzene rings is 2. The number of carbonyl (C=O) groups is 1.